The molecule has 2 amide bonds. The minimum atomic E-state index is -0.0554. The minimum absolute atomic E-state index is 0.0150. The lowest BCUT2D eigenvalue weighted by Crippen LogP contribution is -2.57. The molecule has 0 spiro atoms. The number of hydrogen-bond donors (Lipinski definition) is 2. The van der Waals surface area contributed by atoms with Gasteiger partial charge in [0.25, 0.3) is 5.91 Å². The molecule has 3 aliphatic rings. The molecule has 8 nitrogen and oxygen atoms in total. The molecule has 1 aromatic carbocycles. The first-order chi connectivity index (χ1) is 13.7. The zero-order valence-electron chi connectivity index (χ0n) is 15.8. The van der Waals surface area contributed by atoms with E-state index in [0.29, 0.717) is 36.7 Å². The zero-order chi connectivity index (χ0) is 19.1. The Hall–Kier alpha value is -2.48. The molecular weight excluding hydrogens is 358 g/mol. The van der Waals surface area contributed by atoms with Crippen molar-refractivity contribution in [2.75, 3.05) is 13.2 Å². The van der Waals surface area contributed by atoms with Gasteiger partial charge in [-0.25, -0.2) is 0 Å². The average Bonchev–Trinajstić information content (AvgIpc) is 3.17. The van der Waals surface area contributed by atoms with Gasteiger partial charge < -0.3 is 15.0 Å². The van der Waals surface area contributed by atoms with Crippen molar-refractivity contribution in [1.82, 2.24) is 25.6 Å². The van der Waals surface area contributed by atoms with E-state index in [2.05, 4.69) is 20.7 Å². The fraction of sp³-hybridized carbons (Fsp3) is 0.600. The van der Waals surface area contributed by atoms with Crippen molar-refractivity contribution in [3.8, 4) is 0 Å². The minimum Gasteiger partial charge on any atom is -0.374 e. The summed E-state index contributed by atoms with van der Waals surface area (Å²) in [6.45, 7) is 1.09. The van der Waals surface area contributed by atoms with E-state index < -0.39 is 0 Å². The molecule has 2 aromatic rings. The third-order valence-corrected chi connectivity index (χ3v) is 6.47. The van der Waals surface area contributed by atoms with Gasteiger partial charge in [0.2, 0.25) is 5.91 Å². The molecule has 2 N–H and O–H groups in total. The summed E-state index contributed by atoms with van der Waals surface area (Å²) in [7, 11) is 0. The first kappa shape index (κ1) is 17.6. The number of carbonyl (C=O) groups excluding carboxylic acids is 2. The lowest BCUT2D eigenvalue weighted by atomic mass is 9.81. The Morgan fingerprint density at radius 2 is 2.00 bits per heavy atom. The monoisotopic (exact) mass is 383 g/mol. The molecule has 1 aromatic heterocycles. The SMILES string of the molecule is O=C(NC1CCC1)[C@H]1CC[C@H]2OCCN(C(=O)c3ccc4n[nH]nc4c3)[C@@H]2C1. The molecular formula is C20H25N5O3. The lowest BCUT2D eigenvalue weighted by Gasteiger charge is -2.46. The van der Waals surface area contributed by atoms with Crippen molar-refractivity contribution in [3.63, 3.8) is 0 Å². The van der Waals surface area contributed by atoms with E-state index in [1.165, 1.54) is 6.42 Å². The van der Waals surface area contributed by atoms with E-state index in [-0.39, 0.29) is 29.9 Å². The number of benzene rings is 1. The van der Waals surface area contributed by atoms with Crippen LogP contribution in [0.4, 0.5) is 0 Å². The van der Waals surface area contributed by atoms with Crippen LogP contribution in [0.15, 0.2) is 18.2 Å². The van der Waals surface area contributed by atoms with Crippen molar-refractivity contribution in [3.05, 3.63) is 23.8 Å². The quantitative estimate of drug-likeness (QED) is 0.839. The van der Waals surface area contributed by atoms with E-state index >= 15 is 0 Å². The molecule has 2 saturated carbocycles. The standard InChI is InChI=1S/C20H25N5O3/c26-19(21-14-2-1-3-14)12-5-7-18-17(11-12)25(8-9-28-18)20(27)13-4-6-15-16(10-13)23-24-22-15/h4,6,10,12,14,17-18H,1-3,5,7-9,11H2,(H,21,26)(H,22,23,24)/t12-,17+,18+/m0/s1. The summed E-state index contributed by atoms with van der Waals surface area (Å²) in [5.41, 5.74) is 2.02. The number of rotatable bonds is 3. The smallest absolute Gasteiger partial charge is 0.254 e. The third kappa shape index (κ3) is 3.15. The summed E-state index contributed by atoms with van der Waals surface area (Å²) in [5, 5.41) is 13.9. The first-order valence-electron chi connectivity index (χ1n) is 10.2. The highest BCUT2D eigenvalue weighted by Crippen LogP contribution is 2.34. The number of hydrogen-bond acceptors (Lipinski definition) is 5. The predicted octanol–water partition coefficient (Wildman–Crippen LogP) is 1.64. The Kier molecular flexibility index (Phi) is 4.50. The van der Waals surface area contributed by atoms with E-state index in [1.807, 2.05) is 4.90 Å². The first-order valence-corrected chi connectivity index (χ1v) is 10.2. The maximum atomic E-state index is 13.2. The van der Waals surface area contributed by atoms with Crippen molar-refractivity contribution in [2.45, 2.75) is 56.7 Å². The maximum Gasteiger partial charge on any atom is 0.254 e. The number of aromatic nitrogens is 3. The number of morpholine rings is 1. The Bertz CT molecular complexity index is 893. The molecule has 2 heterocycles. The summed E-state index contributed by atoms with van der Waals surface area (Å²) in [5.74, 6) is 0.0743. The average molecular weight is 383 g/mol. The van der Waals surface area contributed by atoms with Crippen LogP contribution in [0.1, 0.15) is 48.9 Å². The molecule has 8 heteroatoms. The second kappa shape index (κ2) is 7.16. The molecule has 148 valence electrons. The van der Waals surface area contributed by atoms with Crippen LogP contribution in [0.25, 0.3) is 11.0 Å². The highest BCUT2D eigenvalue weighted by molar-refractivity contribution is 5.97. The van der Waals surface area contributed by atoms with Crippen LogP contribution in [0.2, 0.25) is 0 Å². The lowest BCUT2D eigenvalue weighted by molar-refractivity contribution is -0.132. The van der Waals surface area contributed by atoms with Crippen LogP contribution in [-0.2, 0) is 9.53 Å². The van der Waals surface area contributed by atoms with Crippen molar-refractivity contribution in [2.24, 2.45) is 5.92 Å². The van der Waals surface area contributed by atoms with Crippen LogP contribution in [0.3, 0.4) is 0 Å². The van der Waals surface area contributed by atoms with Crippen LogP contribution in [-0.4, -0.2) is 63.5 Å². The number of ether oxygens (including phenoxy) is 1. The molecule has 1 aliphatic heterocycles. The summed E-state index contributed by atoms with van der Waals surface area (Å²) in [4.78, 5) is 27.8. The Morgan fingerprint density at radius 3 is 2.82 bits per heavy atom. The third-order valence-electron chi connectivity index (χ3n) is 6.47. The van der Waals surface area contributed by atoms with Gasteiger partial charge in [-0.15, -0.1) is 0 Å². The normalized spacial score (nSPS) is 27.9. The van der Waals surface area contributed by atoms with Gasteiger partial charge >= 0.3 is 0 Å². The van der Waals surface area contributed by atoms with Gasteiger partial charge in [0, 0.05) is 24.1 Å². The van der Waals surface area contributed by atoms with Crippen molar-refractivity contribution >= 4 is 22.8 Å². The largest absolute Gasteiger partial charge is 0.374 e. The van der Waals surface area contributed by atoms with E-state index in [9.17, 15) is 9.59 Å². The van der Waals surface area contributed by atoms with E-state index in [4.69, 9.17) is 4.74 Å². The number of nitrogens with one attached hydrogen (secondary N) is 2. The molecule has 2 aliphatic carbocycles. The molecule has 5 rings (SSSR count). The summed E-state index contributed by atoms with van der Waals surface area (Å²) < 4.78 is 5.94. The van der Waals surface area contributed by atoms with Gasteiger partial charge in [-0.05, 0) is 56.7 Å². The summed E-state index contributed by atoms with van der Waals surface area (Å²) in [6, 6.07) is 5.66. The number of amides is 2. The van der Waals surface area contributed by atoms with Gasteiger partial charge in [0.1, 0.15) is 11.0 Å². The molecule has 3 atom stereocenters. The zero-order valence-corrected chi connectivity index (χ0v) is 15.8. The Labute approximate surface area is 163 Å². The number of carbonyl (C=O) groups is 2. The second-order valence-corrected chi connectivity index (χ2v) is 8.15. The fourth-order valence-corrected chi connectivity index (χ4v) is 4.61. The Balaban J connectivity index is 1.33. The van der Waals surface area contributed by atoms with E-state index in [1.54, 1.807) is 18.2 Å². The molecule has 3 fully saturated rings. The van der Waals surface area contributed by atoms with Crippen LogP contribution in [0, 0.1) is 5.92 Å². The van der Waals surface area contributed by atoms with Gasteiger partial charge in [-0.2, -0.15) is 15.4 Å². The number of H-pyrrole nitrogens is 1. The number of aromatic amines is 1. The topological polar surface area (TPSA) is 100 Å². The fourth-order valence-electron chi connectivity index (χ4n) is 4.61. The van der Waals surface area contributed by atoms with E-state index in [0.717, 1.165) is 31.2 Å². The number of nitrogens with zero attached hydrogens (tertiary/aromatic N) is 3. The van der Waals surface area contributed by atoms with Crippen molar-refractivity contribution in [1.29, 1.82) is 0 Å². The molecule has 0 unspecified atom stereocenters. The van der Waals surface area contributed by atoms with Gasteiger partial charge in [0.15, 0.2) is 0 Å². The van der Waals surface area contributed by atoms with Crippen LogP contribution < -0.4 is 5.32 Å². The summed E-state index contributed by atoms with van der Waals surface area (Å²) >= 11 is 0. The highest BCUT2D eigenvalue weighted by Gasteiger charge is 2.42. The highest BCUT2D eigenvalue weighted by atomic mass is 16.5. The van der Waals surface area contributed by atoms with Gasteiger partial charge in [0.05, 0.1) is 18.8 Å². The molecule has 1 saturated heterocycles. The number of fused-ring (bicyclic) bond motifs is 2. The molecule has 28 heavy (non-hydrogen) atoms. The maximum absolute atomic E-state index is 13.2. The summed E-state index contributed by atoms with van der Waals surface area (Å²) in [6.07, 6.45) is 5.70. The van der Waals surface area contributed by atoms with Gasteiger partial charge in [-0.1, -0.05) is 0 Å². The van der Waals surface area contributed by atoms with Crippen LogP contribution >= 0.6 is 0 Å². The second-order valence-electron chi connectivity index (χ2n) is 8.15. The molecule has 0 radical (unpaired) electrons. The molecule has 0 bridgehead atoms. The van der Waals surface area contributed by atoms with Gasteiger partial charge in [-0.3, -0.25) is 9.59 Å². The Morgan fingerprint density at radius 1 is 1.14 bits per heavy atom. The van der Waals surface area contributed by atoms with Crippen molar-refractivity contribution < 1.29 is 14.3 Å². The predicted molar refractivity (Wildman–Crippen MR) is 102 cm³/mol. The van der Waals surface area contributed by atoms with Crippen LogP contribution in [0.5, 0.6) is 0 Å².